The Morgan fingerprint density at radius 3 is 2.62 bits per heavy atom. The van der Waals surface area contributed by atoms with Gasteiger partial charge in [-0.25, -0.2) is 15.0 Å². The number of thiophene rings is 1. The summed E-state index contributed by atoms with van der Waals surface area (Å²) in [6.07, 6.45) is 8.00. The lowest BCUT2D eigenvalue weighted by molar-refractivity contribution is 0.893. The molecule has 0 amide bonds. The molecule has 2 aliphatic rings. The van der Waals surface area contributed by atoms with Crippen molar-refractivity contribution in [2.75, 3.05) is 24.2 Å². The lowest BCUT2D eigenvalue weighted by Crippen LogP contribution is -2.20. The van der Waals surface area contributed by atoms with Crippen LogP contribution in [-0.4, -0.2) is 34.3 Å². The number of hydrogen-bond acceptors (Lipinski definition) is 6. The highest BCUT2D eigenvalue weighted by Crippen LogP contribution is 2.44. The fourth-order valence-corrected chi connectivity index (χ4v) is 5.70. The number of pyridine rings is 1. The van der Waals surface area contributed by atoms with Gasteiger partial charge >= 0.3 is 0 Å². The Labute approximate surface area is 153 Å². The summed E-state index contributed by atoms with van der Waals surface area (Å²) in [6.45, 7) is 2.26. The van der Waals surface area contributed by atoms with Crippen LogP contribution < -0.4 is 4.90 Å². The smallest absolute Gasteiger partial charge is 0.189 e. The van der Waals surface area contributed by atoms with Crippen molar-refractivity contribution in [1.29, 1.82) is 0 Å². The van der Waals surface area contributed by atoms with Crippen LogP contribution in [0, 0.1) is 0 Å². The van der Waals surface area contributed by atoms with Crippen LogP contribution in [0.5, 0.6) is 0 Å². The molecule has 0 N–H and O–H groups in total. The molecule has 124 valence electrons. The molecule has 7 heteroatoms. The molecule has 5 rings (SSSR count). The third-order valence-corrected chi connectivity index (χ3v) is 7.05. The number of aromatic nitrogens is 3. The standard InChI is InChI=1S/C17H17ClN4S2/c1-23-17-19-12-11-9-5-4-6-10(9)15(22-7-2-3-8-22)21-16(11)24-13(12)14(18)20-17/h2-8H2,1H3. The Bertz CT molecular complexity index is 963. The maximum Gasteiger partial charge on any atom is 0.189 e. The minimum Gasteiger partial charge on any atom is -0.356 e. The lowest BCUT2D eigenvalue weighted by Gasteiger charge is -2.20. The van der Waals surface area contributed by atoms with Gasteiger partial charge in [-0.05, 0) is 49.5 Å². The van der Waals surface area contributed by atoms with Crippen molar-refractivity contribution in [3.8, 4) is 0 Å². The monoisotopic (exact) mass is 376 g/mol. The summed E-state index contributed by atoms with van der Waals surface area (Å²) in [5, 5.41) is 2.52. The highest BCUT2D eigenvalue weighted by molar-refractivity contribution is 7.98. The third kappa shape index (κ3) is 2.16. The predicted octanol–water partition coefficient (Wildman–Crippen LogP) is 4.70. The molecule has 1 aliphatic heterocycles. The van der Waals surface area contributed by atoms with Crippen molar-refractivity contribution in [1.82, 2.24) is 15.0 Å². The number of nitrogens with zero attached hydrogens (tertiary/aromatic N) is 4. The zero-order valence-corrected chi connectivity index (χ0v) is 15.8. The molecule has 3 aromatic heterocycles. The molecule has 4 nitrogen and oxygen atoms in total. The number of rotatable bonds is 2. The van der Waals surface area contributed by atoms with E-state index in [0.717, 1.165) is 46.1 Å². The van der Waals surface area contributed by atoms with Gasteiger partial charge in [0.25, 0.3) is 0 Å². The van der Waals surface area contributed by atoms with E-state index in [1.165, 1.54) is 53.4 Å². The average molecular weight is 377 g/mol. The van der Waals surface area contributed by atoms with Crippen molar-refractivity contribution in [2.45, 2.75) is 37.3 Å². The number of hydrogen-bond donors (Lipinski definition) is 0. The molecule has 0 bridgehead atoms. The summed E-state index contributed by atoms with van der Waals surface area (Å²) in [4.78, 5) is 17.8. The number of aryl methyl sites for hydroxylation is 1. The van der Waals surface area contributed by atoms with E-state index in [1.807, 2.05) is 6.26 Å². The maximum absolute atomic E-state index is 6.44. The van der Waals surface area contributed by atoms with Gasteiger partial charge in [0.1, 0.15) is 10.6 Å². The van der Waals surface area contributed by atoms with Crippen molar-refractivity contribution < 1.29 is 0 Å². The van der Waals surface area contributed by atoms with Gasteiger partial charge in [-0.3, -0.25) is 0 Å². The van der Waals surface area contributed by atoms with Gasteiger partial charge in [-0.2, -0.15) is 0 Å². The van der Waals surface area contributed by atoms with Gasteiger partial charge in [0.15, 0.2) is 10.3 Å². The van der Waals surface area contributed by atoms with Crippen LogP contribution >= 0.6 is 34.7 Å². The fourth-order valence-electron chi connectivity index (χ4n) is 3.98. The van der Waals surface area contributed by atoms with Crippen LogP contribution in [0.4, 0.5) is 5.82 Å². The Morgan fingerprint density at radius 2 is 1.83 bits per heavy atom. The van der Waals surface area contributed by atoms with Gasteiger partial charge in [0, 0.05) is 18.5 Å². The van der Waals surface area contributed by atoms with E-state index >= 15 is 0 Å². The Morgan fingerprint density at radius 1 is 1.04 bits per heavy atom. The minimum absolute atomic E-state index is 0.557. The first-order chi connectivity index (χ1) is 11.8. The molecule has 0 spiro atoms. The van der Waals surface area contributed by atoms with Gasteiger partial charge in [-0.15, -0.1) is 11.3 Å². The average Bonchev–Trinajstić information content (AvgIpc) is 3.32. The first-order valence-corrected chi connectivity index (χ1v) is 10.8. The normalized spacial score (nSPS) is 17.3. The van der Waals surface area contributed by atoms with Crippen LogP contribution in [0.3, 0.4) is 0 Å². The Hall–Kier alpha value is -1.11. The summed E-state index contributed by atoms with van der Waals surface area (Å²) >= 11 is 9.62. The molecule has 1 aliphatic carbocycles. The van der Waals surface area contributed by atoms with Crippen molar-refractivity contribution >= 4 is 61.0 Å². The van der Waals surface area contributed by atoms with Crippen LogP contribution in [0.25, 0.3) is 20.4 Å². The number of thioether (sulfide) groups is 1. The zero-order chi connectivity index (χ0) is 16.3. The van der Waals surface area contributed by atoms with E-state index in [4.69, 9.17) is 21.6 Å². The largest absolute Gasteiger partial charge is 0.356 e. The van der Waals surface area contributed by atoms with Crippen LogP contribution in [-0.2, 0) is 12.8 Å². The fraction of sp³-hybridized carbons (Fsp3) is 0.471. The van der Waals surface area contributed by atoms with Gasteiger partial charge in [0.2, 0.25) is 0 Å². The van der Waals surface area contributed by atoms with Crippen molar-refractivity contribution in [2.24, 2.45) is 0 Å². The van der Waals surface area contributed by atoms with E-state index in [9.17, 15) is 0 Å². The molecular weight excluding hydrogens is 360 g/mol. The zero-order valence-electron chi connectivity index (χ0n) is 13.4. The van der Waals surface area contributed by atoms with Gasteiger partial charge < -0.3 is 4.90 Å². The highest BCUT2D eigenvalue weighted by Gasteiger charge is 2.27. The second-order valence-corrected chi connectivity index (χ2v) is 8.53. The SMILES string of the molecule is CSc1nc(Cl)c2sc3nc(N4CCCC4)c4c(c3c2n1)CCC4. The first kappa shape index (κ1) is 15.2. The summed E-state index contributed by atoms with van der Waals surface area (Å²) < 4.78 is 0.977. The molecule has 24 heavy (non-hydrogen) atoms. The van der Waals surface area contributed by atoms with Gasteiger partial charge in [-0.1, -0.05) is 23.4 Å². The van der Waals surface area contributed by atoms with E-state index in [0.29, 0.717) is 5.15 Å². The third-order valence-electron chi connectivity index (χ3n) is 5.04. The minimum atomic E-state index is 0.557. The molecule has 0 aromatic carbocycles. The lowest BCUT2D eigenvalue weighted by atomic mass is 10.1. The molecule has 0 unspecified atom stereocenters. The van der Waals surface area contributed by atoms with Crippen LogP contribution in [0.2, 0.25) is 5.15 Å². The molecule has 1 fully saturated rings. The molecular formula is C17H17ClN4S2. The molecule has 0 radical (unpaired) electrons. The van der Waals surface area contributed by atoms with Gasteiger partial charge in [0.05, 0.1) is 10.2 Å². The second kappa shape index (κ2) is 5.71. The molecule has 0 saturated carbocycles. The van der Waals surface area contributed by atoms with E-state index < -0.39 is 0 Å². The summed E-state index contributed by atoms with van der Waals surface area (Å²) in [5.41, 5.74) is 3.90. The second-order valence-electron chi connectivity index (χ2n) is 6.40. The quantitative estimate of drug-likeness (QED) is 0.368. The van der Waals surface area contributed by atoms with E-state index in [2.05, 4.69) is 9.88 Å². The Balaban J connectivity index is 1.85. The summed E-state index contributed by atoms with van der Waals surface area (Å²) in [7, 11) is 0. The Kier molecular flexibility index (Phi) is 3.61. The van der Waals surface area contributed by atoms with E-state index in [1.54, 1.807) is 11.3 Å². The molecule has 4 heterocycles. The molecule has 1 saturated heterocycles. The maximum atomic E-state index is 6.44. The highest BCUT2D eigenvalue weighted by atomic mass is 35.5. The molecule has 3 aromatic rings. The summed E-state index contributed by atoms with van der Waals surface area (Å²) in [5.74, 6) is 1.22. The predicted molar refractivity (Wildman–Crippen MR) is 103 cm³/mol. The number of anilines is 1. The van der Waals surface area contributed by atoms with Crippen molar-refractivity contribution in [3.63, 3.8) is 0 Å². The topological polar surface area (TPSA) is 41.9 Å². The number of fused-ring (bicyclic) bond motifs is 5. The summed E-state index contributed by atoms with van der Waals surface area (Å²) in [6, 6.07) is 0. The van der Waals surface area contributed by atoms with Crippen molar-refractivity contribution in [3.05, 3.63) is 16.3 Å². The number of halogens is 1. The van der Waals surface area contributed by atoms with Crippen LogP contribution in [0.15, 0.2) is 5.16 Å². The first-order valence-electron chi connectivity index (χ1n) is 8.36. The molecule has 0 atom stereocenters. The van der Waals surface area contributed by atoms with Crippen LogP contribution in [0.1, 0.15) is 30.4 Å². The van der Waals surface area contributed by atoms with E-state index in [-0.39, 0.29) is 0 Å².